The van der Waals surface area contributed by atoms with Gasteiger partial charge < -0.3 is 10.6 Å². The van der Waals surface area contributed by atoms with E-state index in [1.165, 1.54) is 11.8 Å². The number of nitriles is 1. The number of nitrogens with zero attached hydrogens (tertiary/aromatic N) is 1. The molecule has 0 aliphatic heterocycles. The zero-order valence-corrected chi connectivity index (χ0v) is 15.5. The van der Waals surface area contributed by atoms with Crippen molar-refractivity contribution in [1.82, 2.24) is 5.32 Å². The minimum atomic E-state index is -0.408. The highest BCUT2D eigenvalue weighted by molar-refractivity contribution is 14.1. The number of aryl methyl sites for hydroxylation is 1. The highest BCUT2D eigenvalue weighted by Crippen LogP contribution is 2.18. The lowest BCUT2D eigenvalue weighted by atomic mass is 10.1. The van der Waals surface area contributed by atoms with Crippen LogP contribution >= 0.6 is 22.6 Å². The molecule has 2 rings (SSSR count). The molecule has 24 heavy (non-hydrogen) atoms. The van der Waals surface area contributed by atoms with Crippen LogP contribution in [0.2, 0.25) is 0 Å². The van der Waals surface area contributed by atoms with Crippen LogP contribution in [-0.2, 0) is 11.2 Å². The third kappa shape index (κ3) is 5.39. The fourth-order valence-corrected chi connectivity index (χ4v) is 2.79. The Morgan fingerprint density at radius 3 is 2.67 bits per heavy atom. The van der Waals surface area contributed by atoms with Crippen molar-refractivity contribution in [3.8, 4) is 6.07 Å². The van der Waals surface area contributed by atoms with Gasteiger partial charge in [0.1, 0.15) is 11.6 Å². The normalized spacial score (nSPS) is 10.8. The second-order valence-corrected chi connectivity index (χ2v) is 6.52. The molecule has 0 spiro atoms. The first-order chi connectivity index (χ1) is 11.6. The van der Waals surface area contributed by atoms with Crippen LogP contribution < -0.4 is 10.6 Å². The first-order valence-corrected chi connectivity index (χ1v) is 8.63. The van der Waals surface area contributed by atoms with E-state index in [4.69, 9.17) is 0 Å². The van der Waals surface area contributed by atoms with E-state index >= 15 is 0 Å². The Hall–Kier alpha value is -2.33. The van der Waals surface area contributed by atoms with Crippen LogP contribution in [0.3, 0.4) is 0 Å². The van der Waals surface area contributed by atoms with E-state index < -0.39 is 5.91 Å². The van der Waals surface area contributed by atoms with Gasteiger partial charge in [0.15, 0.2) is 0 Å². The number of amides is 1. The zero-order valence-electron chi connectivity index (χ0n) is 13.3. The molecule has 2 aromatic rings. The number of anilines is 1. The standard InChI is InChI=1S/C19H18IN3O/c1-14-11-17(20)7-8-18(14)23-19(24)16(12-21)13-22-10-9-15-5-3-2-4-6-15/h2-8,11,13,22H,9-10H2,1H3,(H,23,24)/b16-13-. The van der Waals surface area contributed by atoms with Gasteiger partial charge in [-0.05, 0) is 65.3 Å². The van der Waals surface area contributed by atoms with Crippen molar-refractivity contribution in [2.45, 2.75) is 13.3 Å². The Morgan fingerprint density at radius 1 is 1.25 bits per heavy atom. The van der Waals surface area contributed by atoms with Gasteiger partial charge in [-0.1, -0.05) is 30.3 Å². The van der Waals surface area contributed by atoms with Gasteiger partial charge in [0.05, 0.1) is 0 Å². The number of benzene rings is 2. The average Bonchev–Trinajstić information content (AvgIpc) is 2.58. The van der Waals surface area contributed by atoms with E-state index in [2.05, 4.69) is 33.2 Å². The van der Waals surface area contributed by atoms with Crippen molar-refractivity contribution < 1.29 is 4.79 Å². The number of hydrogen-bond acceptors (Lipinski definition) is 3. The van der Waals surface area contributed by atoms with Crippen LogP contribution in [0.25, 0.3) is 0 Å². The van der Waals surface area contributed by atoms with Gasteiger partial charge in [0, 0.05) is 22.0 Å². The summed E-state index contributed by atoms with van der Waals surface area (Å²) in [5.41, 5.74) is 2.94. The van der Waals surface area contributed by atoms with E-state index in [1.807, 2.05) is 61.5 Å². The third-order valence-corrected chi connectivity index (χ3v) is 4.12. The Balaban J connectivity index is 1.92. The Bertz CT molecular complexity index is 779. The molecule has 0 aliphatic rings. The minimum absolute atomic E-state index is 0.0565. The Kier molecular flexibility index (Phi) is 6.82. The molecule has 2 N–H and O–H groups in total. The number of hydrogen-bond donors (Lipinski definition) is 2. The van der Waals surface area contributed by atoms with E-state index in [0.29, 0.717) is 12.2 Å². The van der Waals surface area contributed by atoms with Crippen LogP contribution in [-0.4, -0.2) is 12.5 Å². The maximum absolute atomic E-state index is 12.2. The molecule has 4 nitrogen and oxygen atoms in total. The van der Waals surface area contributed by atoms with Gasteiger partial charge in [-0.2, -0.15) is 5.26 Å². The number of nitrogens with one attached hydrogen (secondary N) is 2. The first kappa shape index (κ1) is 18.0. The SMILES string of the molecule is Cc1cc(I)ccc1NC(=O)/C(C#N)=C\NCCc1ccccc1. The lowest BCUT2D eigenvalue weighted by Gasteiger charge is -2.08. The number of halogens is 1. The summed E-state index contributed by atoms with van der Waals surface area (Å²) in [6.07, 6.45) is 2.30. The number of carbonyl (C=O) groups is 1. The highest BCUT2D eigenvalue weighted by atomic mass is 127. The molecule has 0 radical (unpaired) electrons. The molecule has 0 bridgehead atoms. The van der Waals surface area contributed by atoms with Gasteiger partial charge in [0.2, 0.25) is 0 Å². The predicted octanol–water partition coefficient (Wildman–Crippen LogP) is 3.78. The third-order valence-electron chi connectivity index (χ3n) is 3.45. The molecule has 0 heterocycles. The van der Waals surface area contributed by atoms with Gasteiger partial charge in [-0.3, -0.25) is 4.79 Å². The molecule has 1 amide bonds. The molecule has 0 saturated heterocycles. The van der Waals surface area contributed by atoms with Gasteiger partial charge in [-0.15, -0.1) is 0 Å². The van der Waals surface area contributed by atoms with Crippen molar-refractivity contribution >= 4 is 34.2 Å². The van der Waals surface area contributed by atoms with Crippen LogP contribution in [0.4, 0.5) is 5.69 Å². The average molecular weight is 431 g/mol. The molecule has 0 aromatic heterocycles. The molecule has 0 saturated carbocycles. The van der Waals surface area contributed by atoms with Gasteiger partial charge in [-0.25, -0.2) is 0 Å². The summed E-state index contributed by atoms with van der Waals surface area (Å²) < 4.78 is 1.10. The fourth-order valence-electron chi connectivity index (χ4n) is 2.14. The summed E-state index contributed by atoms with van der Waals surface area (Å²) >= 11 is 2.22. The summed E-state index contributed by atoms with van der Waals surface area (Å²) in [5.74, 6) is -0.408. The van der Waals surface area contributed by atoms with Crippen molar-refractivity contribution in [3.05, 3.63) is 75.0 Å². The van der Waals surface area contributed by atoms with Crippen LogP contribution in [0.1, 0.15) is 11.1 Å². The quantitative estimate of drug-likeness (QED) is 0.317. The molecule has 0 aliphatic carbocycles. The summed E-state index contributed by atoms with van der Waals surface area (Å²) in [4.78, 5) is 12.2. The molecular weight excluding hydrogens is 413 g/mol. The van der Waals surface area contributed by atoms with Crippen LogP contribution in [0, 0.1) is 21.8 Å². The van der Waals surface area contributed by atoms with E-state index in [9.17, 15) is 10.1 Å². The van der Waals surface area contributed by atoms with E-state index in [-0.39, 0.29) is 5.57 Å². The zero-order chi connectivity index (χ0) is 17.4. The minimum Gasteiger partial charge on any atom is -0.389 e. The van der Waals surface area contributed by atoms with Crippen LogP contribution in [0.15, 0.2) is 60.3 Å². The van der Waals surface area contributed by atoms with E-state index in [1.54, 1.807) is 0 Å². The molecule has 2 aromatic carbocycles. The van der Waals surface area contributed by atoms with E-state index in [0.717, 1.165) is 15.6 Å². The van der Waals surface area contributed by atoms with Crippen molar-refractivity contribution in [2.24, 2.45) is 0 Å². The second kappa shape index (κ2) is 9.08. The fraction of sp³-hybridized carbons (Fsp3) is 0.158. The summed E-state index contributed by atoms with van der Waals surface area (Å²) in [6.45, 7) is 2.58. The molecule has 0 atom stereocenters. The topological polar surface area (TPSA) is 64.9 Å². The molecular formula is C19H18IN3O. The maximum atomic E-state index is 12.2. The Morgan fingerprint density at radius 2 is 2.00 bits per heavy atom. The largest absolute Gasteiger partial charge is 0.389 e. The van der Waals surface area contributed by atoms with Gasteiger partial charge in [0.25, 0.3) is 5.91 Å². The van der Waals surface area contributed by atoms with Crippen molar-refractivity contribution in [1.29, 1.82) is 5.26 Å². The van der Waals surface area contributed by atoms with Crippen LogP contribution in [0.5, 0.6) is 0 Å². The molecule has 5 heteroatoms. The number of rotatable bonds is 6. The van der Waals surface area contributed by atoms with Gasteiger partial charge >= 0.3 is 0 Å². The van der Waals surface area contributed by atoms with Crippen molar-refractivity contribution in [2.75, 3.05) is 11.9 Å². The second-order valence-electron chi connectivity index (χ2n) is 5.27. The Labute approximate surface area is 155 Å². The molecule has 0 unspecified atom stereocenters. The lowest BCUT2D eigenvalue weighted by Crippen LogP contribution is -2.18. The monoisotopic (exact) mass is 431 g/mol. The van der Waals surface area contributed by atoms with Crippen molar-refractivity contribution in [3.63, 3.8) is 0 Å². The molecule has 122 valence electrons. The lowest BCUT2D eigenvalue weighted by molar-refractivity contribution is -0.112. The highest BCUT2D eigenvalue weighted by Gasteiger charge is 2.10. The summed E-state index contributed by atoms with van der Waals surface area (Å²) in [6, 6.07) is 17.7. The summed E-state index contributed by atoms with van der Waals surface area (Å²) in [7, 11) is 0. The molecule has 0 fully saturated rings. The predicted molar refractivity (Wildman–Crippen MR) is 104 cm³/mol. The maximum Gasteiger partial charge on any atom is 0.267 e. The number of carbonyl (C=O) groups excluding carboxylic acids is 1. The summed E-state index contributed by atoms with van der Waals surface area (Å²) in [5, 5.41) is 15.0. The first-order valence-electron chi connectivity index (χ1n) is 7.55. The smallest absolute Gasteiger partial charge is 0.267 e.